The van der Waals surface area contributed by atoms with Gasteiger partial charge in [-0.2, -0.15) is 0 Å². The number of carbonyl (C=O) groups is 2. The van der Waals surface area contributed by atoms with E-state index in [9.17, 15) is 9.59 Å². The van der Waals surface area contributed by atoms with Gasteiger partial charge < -0.3 is 19.3 Å². The second-order valence-electron chi connectivity index (χ2n) is 17.7. The van der Waals surface area contributed by atoms with Gasteiger partial charge in [-0.1, -0.05) is 195 Å². The zero-order valence-electron chi connectivity index (χ0n) is 39.0. The van der Waals surface area contributed by atoms with Gasteiger partial charge >= 0.3 is 11.9 Å². The smallest absolute Gasteiger partial charge is 0.308 e. The topological polar surface area (TPSA) is 59.1 Å². The molecule has 0 N–H and O–H groups in total. The lowest BCUT2D eigenvalue weighted by atomic mass is 9.94. The molecule has 2 unspecified atom stereocenters. The highest BCUT2D eigenvalue weighted by molar-refractivity contribution is 5.72. The molecule has 0 aromatic heterocycles. The summed E-state index contributed by atoms with van der Waals surface area (Å²) in [6.45, 7) is 14.8. The van der Waals surface area contributed by atoms with E-state index in [2.05, 4.69) is 51.6 Å². The van der Waals surface area contributed by atoms with Gasteiger partial charge in [0.25, 0.3) is 0 Å². The van der Waals surface area contributed by atoms with E-state index >= 15 is 0 Å². The monoisotopic (exact) mass is 793 g/mol. The van der Waals surface area contributed by atoms with E-state index in [1.54, 1.807) is 0 Å². The minimum absolute atomic E-state index is 0.0748. The average Bonchev–Trinajstić information content (AvgIpc) is 3.19. The number of hydrogen-bond donors (Lipinski definition) is 0. The van der Waals surface area contributed by atoms with Crippen molar-refractivity contribution < 1.29 is 19.1 Å². The molecule has 0 heterocycles. The van der Waals surface area contributed by atoms with E-state index in [0.717, 1.165) is 77.3 Å². The van der Waals surface area contributed by atoms with E-state index in [1.165, 1.54) is 167 Å². The van der Waals surface area contributed by atoms with Gasteiger partial charge in [-0.25, -0.2) is 0 Å². The first-order valence-electron chi connectivity index (χ1n) is 25.1. The zero-order valence-corrected chi connectivity index (χ0v) is 39.0. The van der Waals surface area contributed by atoms with Crippen LogP contribution in [-0.2, 0) is 19.1 Å². The van der Waals surface area contributed by atoms with Crippen LogP contribution in [-0.4, -0.2) is 75.2 Å². The Morgan fingerprint density at radius 1 is 0.357 bits per heavy atom. The summed E-state index contributed by atoms with van der Waals surface area (Å²) in [7, 11) is 4.34. The van der Waals surface area contributed by atoms with Crippen LogP contribution in [0.25, 0.3) is 0 Å². The highest BCUT2D eigenvalue weighted by atomic mass is 16.5. The maximum absolute atomic E-state index is 13.0. The molecule has 0 bridgehead atoms. The van der Waals surface area contributed by atoms with Crippen LogP contribution in [0.5, 0.6) is 0 Å². The second kappa shape index (κ2) is 43.4. The van der Waals surface area contributed by atoms with E-state index < -0.39 is 0 Å². The third-order valence-electron chi connectivity index (χ3n) is 11.9. The number of esters is 2. The Hall–Kier alpha value is -1.14. The predicted molar refractivity (Wildman–Crippen MR) is 244 cm³/mol. The van der Waals surface area contributed by atoms with Gasteiger partial charge in [-0.15, -0.1) is 0 Å². The fourth-order valence-electron chi connectivity index (χ4n) is 7.93. The van der Waals surface area contributed by atoms with E-state index in [4.69, 9.17) is 9.47 Å². The first-order chi connectivity index (χ1) is 27.4. The molecule has 56 heavy (non-hydrogen) atoms. The quantitative estimate of drug-likeness (QED) is 0.0452. The largest absolute Gasteiger partial charge is 0.465 e. The molecule has 0 aliphatic carbocycles. The highest BCUT2D eigenvalue weighted by Crippen LogP contribution is 2.22. The minimum atomic E-state index is 0.0748. The third-order valence-corrected chi connectivity index (χ3v) is 11.9. The van der Waals surface area contributed by atoms with Crippen molar-refractivity contribution in [2.75, 3.05) is 53.5 Å². The summed E-state index contributed by atoms with van der Waals surface area (Å²) in [5.41, 5.74) is 0. The molecule has 334 valence electrons. The van der Waals surface area contributed by atoms with Crippen molar-refractivity contribution in [3.63, 3.8) is 0 Å². The molecule has 0 rings (SSSR count). The Bertz CT molecular complexity index is 761. The molecule has 0 aliphatic rings. The van der Waals surface area contributed by atoms with Crippen molar-refractivity contribution >= 4 is 11.9 Å². The SMILES string of the molecule is CCCCCCCCC(CCCCCC)C(=O)OCCCCCCCN(CCCCCCCOC(=O)C(CCCCCC)CCCCCCCC)CCN(C)C. The van der Waals surface area contributed by atoms with Crippen LogP contribution in [0.1, 0.15) is 246 Å². The zero-order chi connectivity index (χ0) is 41.2. The van der Waals surface area contributed by atoms with Crippen molar-refractivity contribution in [3.8, 4) is 0 Å². The van der Waals surface area contributed by atoms with Gasteiger partial charge in [0.2, 0.25) is 0 Å². The van der Waals surface area contributed by atoms with Gasteiger partial charge in [-0.3, -0.25) is 9.59 Å². The van der Waals surface area contributed by atoms with Crippen molar-refractivity contribution in [2.45, 2.75) is 246 Å². The van der Waals surface area contributed by atoms with Crippen LogP contribution >= 0.6 is 0 Å². The summed E-state index contributed by atoms with van der Waals surface area (Å²) in [5.74, 6) is 0.368. The van der Waals surface area contributed by atoms with E-state index in [0.29, 0.717) is 13.2 Å². The number of ether oxygens (including phenoxy) is 2. The summed E-state index contributed by atoms with van der Waals surface area (Å²) in [5, 5.41) is 0. The van der Waals surface area contributed by atoms with Crippen molar-refractivity contribution in [3.05, 3.63) is 0 Å². The van der Waals surface area contributed by atoms with Crippen molar-refractivity contribution in [2.24, 2.45) is 11.8 Å². The molecular formula is C50H100N2O4. The van der Waals surface area contributed by atoms with Crippen LogP contribution in [0.3, 0.4) is 0 Å². The first-order valence-corrected chi connectivity index (χ1v) is 25.1. The second-order valence-corrected chi connectivity index (χ2v) is 17.7. The van der Waals surface area contributed by atoms with Gasteiger partial charge in [0, 0.05) is 13.1 Å². The molecule has 0 fully saturated rings. The lowest BCUT2D eigenvalue weighted by Gasteiger charge is -2.24. The van der Waals surface area contributed by atoms with E-state index in [-0.39, 0.29) is 23.8 Å². The van der Waals surface area contributed by atoms with E-state index in [1.807, 2.05) is 0 Å². The Labute approximate surface area is 351 Å². The molecular weight excluding hydrogens is 693 g/mol. The first kappa shape index (κ1) is 54.9. The predicted octanol–water partition coefficient (Wildman–Crippen LogP) is 14.5. The molecule has 6 heteroatoms. The van der Waals surface area contributed by atoms with Crippen LogP contribution < -0.4 is 0 Å². The molecule has 0 aromatic carbocycles. The molecule has 0 aromatic rings. The van der Waals surface area contributed by atoms with Gasteiger partial charge in [0.15, 0.2) is 0 Å². The van der Waals surface area contributed by atoms with Gasteiger partial charge in [-0.05, 0) is 78.6 Å². The average molecular weight is 793 g/mol. The molecule has 0 saturated heterocycles. The van der Waals surface area contributed by atoms with Crippen molar-refractivity contribution in [1.82, 2.24) is 9.80 Å². The van der Waals surface area contributed by atoms with Gasteiger partial charge in [0.05, 0.1) is 25.0 Å². The van der Waals surface area contributed by atoms with Gasteiger partial charge in [0.1, 0.15) is 0 Å². The Balaban J connectivity index is 4.28. The van der Waals surface area contributed by atoms with Crippen molar-refractivity contribution in [1.29, 1.82) is 0 Å². The number of nitrogens with zero attached hydrogens (tertiary/aromatic N) is 2. The lowest BCUT2D eigenvalue weighted by Crippen LogP contribution is -2.33. The molecule has 6 nitrogen and oxygen atoms in total. The van der Waals surface area contributed by atoms with Crippen LogP contribution in [0.15, 0.2) is 0 Å². The summed E-state index contributed by atoms with van der Waals surface area (Å²) >= 11 is 0. The van der Waals surface area contributed by atoms with Crippen LogP contribution in [0.4, 0.5) is 0 Å². The molecule has 2 atom stereocenters. The van der Waals surface area contributed by atoms with Crippen LogP contribution in [0.2, 0.25) is 0 Å². The Morgan fingerprint density at radius 2 is 0.643 bits per heavy atom. The standard InChI is InChI=1S/C50H100N2O4/c1-7-11-15-19-23-31-39-47(37-29-17-13-9-3)49(53)55-45-35-27-21-25-33-41-52(44-43-51(5)6)42-34-26-22-28-36-46-56-50(54)48(38-30-18-14-10-4)40-32-24-20-16-12-8-2/h47-48H,7-46H2,1-6H3. The maximum Gasteiger partial charge on any atom is 0.308 e. The molecule has 0 saturated carbocycles. The summed E-state index contributed by atoms with van der Waals surface area (Å²) in [6, 6.07) is 0. The summed E-state index contributed by atoms with van der Waals surface area (Å²) in [4.78, 5) is 30.9. The molecule has 0 radical (unpaired) electrons. The summed E-state index contributed by atoms with van der Waals surface area (Å²) in [6.07, 6.45) is 40.9. The number of likely N-dealkylation sites (N-methyl/N-ethyl adjacent to an activating group) is 1. The maximum atomic E-state index is 13.0. The number of unbranched alkanes of at least 4 members (excludes halogenated alkanes) is 24. The normalized spacial score (nSPS) is 12.8. The fourth-order valence-corrected chi connectivity index (χ4v) is 7.93. The number of carbonyl (C=O) groups excluding carboxylic acids is 2. The summed E-state index contributed by atoms with van der Waals surface area (Å²) < 4.78 is 11.7. The molecule has 0 aliphatic heterocycles. The molecule has 0 amide bonds. The number of hydrogen-bond acceptors (Lipinski definition) is 6. The molecule has 0 spiro atoms. The third kappa shape index (κ3) is 37.2. The number of rotatable bonds is 45. The van der Waals surface area contributed by atoms with Crippen LogP contribution in [0, 0.1) is 11.8 Å². The minimum Gasteiger partial charge on any atom is -0.465 e. The highest BCUT2D eigenvalue weighted by Gasteiger charge is 2.20. The Morgan fingerprint density at radius 3 is 0.982 bits per heavy atom. The fraction of sp³-hybridized carbons (Fsp3) is 0.960. The lowest BCUT2D eigenvalue weighted by molar-refractivity contribution is -0.150. The Kier molecular flexibility index (Phi) is 42.6.